The number of halogens is 1. The number of benzene rings is 3. The van der Waals surface area contributed by atoms with Crippen molar-refractivity contribution in [3.63, 3.8) is 0 Å². The van der Waals surface area contributed by atoms with Crippen LogP contribution in [0.3, 0.4) is 0 Å². The van der Waals surface area contributed by atoms with E-state index in [1.807, 2.05) is 0 Å². The zero-order chi connectivity index (χ0) is 22.4. The summed E-state index contributed by atoms with van der Waals surface area (Å²) in [6.45, 7) is 0.0345. The summed E-state index contributed by atoms with van der Waals surface area (Å²) in [7, 11) is 0. The summed E-state index contributed by atoms with van der Waals surface area (Å²) in [6, 6.07) is 14.8. The molecule has 1 unspecified atom stereocenters. The summed E-state index contributed by atoms with van der Waals surface area (Å²) >= 11 is 0. The van der Waals surface area contributed by atoms with Crippen LogP contribution >= 0.6 is 0 Å². The first-order valence-electron chi connectivity index (χ1n) is 9.70. The Morgan fingerprint density at radius 1 is 0.969 bits per heavy atom. The highest BCUT2D eigenvalue weighted by atomic mass is 19.1. The maximum absolute atomic E-state index is 13.6. The molecule has 2 aliphatic heterocycles. The van der Waals surface area contributed by atoms with Crippen molar-refractivity contribution in [2.24, 2.45) is 0 Å². The number of fused-ring (bicyclic) bond motifs is 1. The van der Waals surface area contributed by atoms with E-state index in [0.29, 0.717) is 17.1 Å². The van der Waals surface area contributed by atoms with Crippen molar-refractivity contribution >= 4 is 23.1 Å². The van der Waals surface area contributed by atoms with E-state index >= 15 is 0 Å². The van der Waals surface area contributed by atoms with Gasteiger partial charge in [-0.15, -0.1) is 0 Å². The van der Waals surface area contributed by atoms with Crippen LogP contribution in [0.1, 0.15) is 17.2 Å². The third-order valence-corrected chi connectivity index (χ3v) is 5.42. The Morgan fingerprint density at radius 2 is 1.69 bits per heavy atom. The van der Waals surface area contributed by atoms with Crippen LogP contribution in [-0.4, -0.2) is 28.7 Å². The summed E-state index contributed by atoms with van der Waals surface area (Å²) in [6.07, 6.45) is 0. The van der Waals surface area contributed by atoms with Crippen LogP contribution in [0.5, 0.6) is 17.2 Å². The molecule has 0 spiro atoms. The largest absolute Gasteiger partial charge is 0.507 e. The average Bonchev–Trinajstić information content (AvgIpc) is 3.37. The highest BCUT2D eigenvalue weighted by Crippen LogP contribution is 2.45. The van der Waals surface area contributed by atoms with Gasteiger partial charge in [-0.25, -0.2) is 4.39 Å². The molecule has 160 valence electrons. The van der Waals surface area contributed by atoms with E-state index in [1.54, 1.807) is 18.2 Å². The molecule has 3 aromatic rings. The standard InChI is InChI=1S/C24H16FNO6/c25-15-8-5-13(6-9-15)21-20(22(28)14-7-10-18-19(11-14)32-12-31-18)23(29)24(30)26(21)16-3-1-2-4-17(16)27/h1-11,21,27-28H,12H2/b22-20-. The quantitative estimate of drug-likeness (QED) is 0.370. The molecule has 5 rings (SSSR count). The van der Waals surface area contributed by atoms with E-state index in [2.05, 4.69) is 0 Å². The van der Waals surface area contributed by atoms with Gasteiger partial charge in [-0.05, 0) is 48.0 Å². The van der Waals surface area contributed by atoms with Gasteiger partial charge in [0.15, 0.2) is 11.5 Å². The third-order valence-electron chi connectivity index (χ3n) is 5.42. The van der Waals surface area contributed by atoms with Crippen LogP contribution in [0, 0.1) is 5.82 Å². The molecule has 0 saturated carbocycles. The first-order valence-corrected chi connectivity index (χ1v) is 9.70. The Labute approximate surface area is 181 Å². The monoisotopic (exact) mass is 433 g/mol. The van der Waals surface area contributed by atoms with Crippen molar-refractivity contribution in [1.82, 2.24) is 0 Å². The van der Waals surface area contributed by atoms with Crippen molar-refractivity contribution in [2.75, 3.05) is 11.7 Å². The number of carbonyl (C=O) groups excluding carboxylic acids is 2. The molecule has 2 N–H and O–H groups in total. The molecule has 1 atom stereocenters. The number of rotatable bonds is 3. The number of carbonyl (C=O) groups is 2. The fraction of sp³-hybridized carbons (Fsp3) is 0.0833. The molecule has 2 heterocycles. The summed E-state index contributed by atoms with van der Waals surface area (Å²) in [5.74, 6) is -2.11. The van der Waals surface area contributed by atoms with Gasteiger partial charge in [-0.1, -0.05) is 24.3 Å². The molecule has 7 nitrogen and oxygen atoms in total. The van der Waals surface area contributed by atoms with Crippen LogP contribution < -0.4 is 14.4 Å². The maximum atomic E-state index is 13.6. The third kappa shape index (κ3) is 3.04. The van der Waals surface area contributed by atoms with Crippen molar-refractivity contribution in [3.8, 4) is 17.2 Å². The van der Waals surface area contributed by atoms with E-state index in [0.717, 1.165) is 4.90 Å². The minimum Gasteiger partial charge on any atom is -0.507 e. The zero-order valence-electron chi connectivity index (χ0n) is 16.5. The minimum absolute atomic E-state index is 0.0345. The Bertz CT molecular complexity index is 1280. The smallest absolute Gasteiger partial charge is 0.300 e. The van der Waals surface area contributed by atoms with Crippen LogP contribution in [0.15, 0.2) is 72.3 Å². The number of aromatic hydroxyl groups is 1. The first-order chi connectivity index (χ1) is 15.5. The molecule has 1 fully saturated rings. The number of Topliss-reactive ketones (excluding diaryl/α,β-unsaturated/α-hetero) is 1. The van der Waals surface area contributed by atoms with Gasteiger partial charge in [0.25, 0.3) is 11.7 Å². The Balaban J connectivity index is 1.72. The number of aliphatic hydroxyl groups is 1. The lowest BCUT2D eigenvalue weighted by Gasteiger charge is -2.26. The minimum atomic E-state index is -1.09. The van der Waals surface area contributed by atoms with Gasteiger partial charge >= 0.3 is 0 Å². The number of amides is 1. The molecule has 1 amide bonds. The number of anilines is 1. The number of aliphatic hydroxyl groups excluding tert-OH is 1. The lowest BCUT2D eigenvalue weighted by atomic mass is 9.95. The Kier molecular flexibility index (Phi) is 4.55. The predicted molar refractivity (Wildman–Crippen MR) is 112 cm³/mol. The second-order valence-electron chi connectivity index (χ2n) is 7.28. The van der Waals surface area contributed by atoms with Crippen LogP contribution in [-0.2, 0) is 9.59 Å². The van der Waals surface area contributed by atoms with Gasteiger partial charge in [0, 0.05) is 5.56 Å². The van der Waals surface area contributed by atoms with Crippen LogP contribution in [0.2, 0.25) is 0 Å². The number of hydrogen-bond donors (Lipinski definition) is 2. The van der Waals surface area contributed by atoms with Gasteiger partial charge in [0.05, 0.1) is 17.3 Å². The highest BCUT2D eigenvalue weighted by molar-refractivity contribution is 6.51. The SMILES string of the molecule is O=C1C(=O)N(c2ccccc2O)C(c2ccc(F)cc2)/C1=C(/O)c1ccc2c(c1)OCO2. The molecule has 0 bridgehead atoms. The Hall–Kier alpha value is -4.33. The first kappa shape index (κ1) is 19.6. The zero-order valence-corrected chi connectivity index (χ0v) is 16.5. The number of phenols is 1. The molecule has 0 aromatic heterocycles. The molecule has 2 aliphatic rings. The van der Waals surface area contributed by atoms with Crippen molar-refractivity contribution < 1.29 is 33.7 Å². The Morgan fingerprint density at radius 3 is 2.44 bits per heavy atom. The van der Waals surface area contributed by atoms with E-state index in [4.69, 9.17) is 9.47 Å². The average molecular weight is 433 g/mol. The number of ketones is 1. The van der Waals surface area contributed by atoms with Crippen LogP contribution in [0.4, 0.5) is 10.1 Å². The molecule has 0 radical (unpaired) electrons. The molecule has 1 saturated heterocycles. The normalized spacial score (nSPS) is 18.9. The lowest BCUT2D eigenvalue weighted by molar-refractivity contribution is -0.132. The van der Waals surface area contributed by atoms with Crippen molar-refractivity contribution in [2.45, 2.75) is 6.04 Å². The van der Waals surface area contributed by atoms with Gasteiger partial charge in [-0.3, -0.25) is 14.5 Å². The fourth-order valence-electron chi connectivity index (χ4n) is 3.91. The molecule has 32 heavy (non-hydrogen) atoms. The van der Waals surface area contributed by atoms with E-state index < -0.39 is 29.3 Å². The summed E-state index contributed by atoms with van der Waals surface area (Å²) < 4.78 is 24.2. The second kappa shape index (κ2) is 7.42. The molecule has 8 heteroatoms. The fourth-order valence-corrected chi connectivity index (χ4v) is 3.91. The highest BCUT2D eigenvalue weighted by Gasteiger charge is 2.47. The number of nitrogens with zero attached hydrogens (tertiary/aromatic N) is 1. The van der Waals surface area contributed by atoms with Crippen LogP contribution in [0.25, 0.3) is 5.76 Å². The molecule has 3 aromatic carbocycles. The van der Waals surface area contributed by atoms with Gasteiger partial charge in [0.1, 0.15) is 17.3 Å². The van der Waals surface area contributed by atoms with Gasteiger partial charge in [0.2, 0.25) is 6.79 Å². The van der Waals surface area contributed by atoms with Crippen molar-refractivity contribution in [3.05, 3.63) is 89.2 Å². The number of phenolic OH excluding ortho intramolecular Hbond substituents is 1. The lowest BCUT2D eigenvalue weighted by Crippen LogP contribution is -2.29. The van der Waals surface area contributed by atoms with E-state index in [1.165, 1.54) is 48.5 Å². The number of hydrogen-bond acceptors (Lipinski definition) is 6. The number of para-hydroxylation sites is 2. The summed E-state index contributed by atoms with van der Waals surface area (Å²) in [4.78, 5) is 27.2. The van der Waals surface area contributed by atoms with Gasteiger partial charge in [-0.2, -0.15) is 0 Å². The second-order valence-corrected chi connectivity index (χ2v) is 7.28. The molecular weight excluding hydrogens is 417 g/mol. The van der Waals surface area contributed by atoms with Gasteiger partial charge < -0.3 is 19.7 Å². The summed E-state index contributed by atoms with van der Waals surface area (Å²) in [5, 5.41) is 21.5. The molecular formula is C24H16FNO6. The topological polar surface area (TPSA) is 96.3 Å². The van der Waals surface area contributed by atoms with E-state index in [9.17, 15) is 24.2 Å². The maximum Gasteiger partial charge on any atom is 0.300 e. The molecule has 0 aliphatic carbocycles. The number of ether oxygens (including phenoxy) is 2. The van der Waals surface area contributed by atoms with Crippen molar-refractivity contribution in [1.29, 1.82) is 0 Å². The van der Waals surface area contributed by atoms with E-state index in [-0.39, 0.29) is 29.4 Å². The summed E-state index contributed by atoms with van der Waals surface area (Å²) in [5.41, 5.74) is 0.533. The predicted octanol–water partition coefficient (Wildman–Crippen LogP) is 3.89.